The quantitative estimate of drug-likeness (QED) is 0.843. The fourth-order valence-electron chi connectivity index (χ4n) is 1.37. The molecule has 7 heteroatoms. The maximum Gasteiger partial charge on any atom is 0.391 e. The molecule has 0 aliphatic rings. The summed E-state index contributed by atoms with van der Waals surface area (Å²) in [6, 6.07) is 2.56. The fourth-order valence-corrected chi connectivity index (χ4v) is 1.73. The maximum absolute atomic E-state index is 13.3. The maximum atomic E-state index is 13.3. The smallest absolute Gasteiger partial charge is 0.349 e. The van der Waals surface area contributed by atoms with E-state index in [0.717, 1.165) is 6.07 Å². The Labute approximate surface area is 109 Å². The summed E-state index contributed by atoms with van der Waals surface area (Å²) in [7, 11) is 0. The molecule has 2 nitrogen and oxygen atoms in total. The van der Waals surface area contributed by atoms with E-state index in [-0.39, 0.29) is 5.56 Å². The third-order valence-corrected chi connectivity index (χ3v) is 2.58. The summed E-state index contributed by atoms with van der Waals surface area (Å²) in [6.45, 7) is 1.21. The van der Waals surface area contributed by atoms with Crippen molar-refractivity contribution in [2.45, 2.75) is 25.6 Å². The second kappa shape index (κ2) is 5.69. The molecule has 0 aliphatic heterocycles. The minimum absolute atomic E-state index is 0.293. The van der Waals surface area contributed by atoms with Gasteiger partial charge >= 0.3 is 6.18 Å². The fraction of sp³-hybridized carbons (Fsp3) is 0.364. The standard InChI is InChI=1S/C11H10BrF4NO/c1-6(5-11(14,15)16)17-10(18)8-4-7(12)2-3-9(8)13/h2-4,6H,5H2,1H3,(H,17,18). The molecule has 0 aromatic heterocycles. The molecule has 1 N–H and O–H groups in total. The molecule has 100 valence electrons. The van der Waals surface area contributed by atoms with Crippen molar-refractivity contribution in [3.8, 4) is 0 Å². The molecule has 0 heterocycles. The summed E-state index contributed by atoms with van der Waals surface area (Å²) >= 11 is 3.05. The second-order valence-electron chi connectivity index (χ2n) is 3.82. The van der Waals surface area contributed by atoms with Crippen LogP contribution in [0.15, 0.2) is 22.7 Å². The SMILES string of the molecule is CC(CC(F)(F)F)NC(=O)c1cc(Br)ccc1F. The topological polar surface area (TPSA) is 29.1 Å². The first kappa shape index (κ1) is 14.9. The van der Waals surface area contributed by atoms with Crippen LogP contribution in [0.25, 0.3) is 0 Å². The summed E-state index contributed by atoms with van der Waals surface area (Å²) in [5, 5.41) is 2.10. The van der Waals surface area contributed by atoms with Gasteiger partial charge in [-0.2, -0.15) is 13.2 Å². The Balaban J connectivity index is 2.74. The molecule has 1 amide bonds. The summed E-state index contributed by atoms with van der Waals surface area (Å²) in [5.74, 6) is -1.65. The Hall–Kier alpha value is -1.11. The highest BCUT2D eigenvalue weighted by molar-refractivity contribution is 9.10. The first-order valence-electron chi connectivity index (χ1n) is 5.01. The Morgan fingerprint density at radius 1 is 1.44 bits per heavy atom. The van der Waals surface area contributed by atoms with Crippen molar-refractivity contribution in [1.82, 2.24) is 5.32 Å². The molecule has 0 fully saturated rings. The van der Waals surface area contributed by atoms with E-state index in [1.54, 1.807) is 0 Å². The van der Waals surface area contributed by atoms with E-state index in [0.29, 0.717) is 4.47 Å². The van der Waals surface area contributed by atoms with Gasteiger partial charge in [0.1, 0.15) is 5.82 Å². The highest BCUT2D eigenvalue weighted by atomic mass is 79.9. The highest BCUT2D eigenvalue weighted by Crippen LogP contribution is 2.22. The van der Waals surface area contributed by atoms with Gasteiger partial charge in [0.05, 0.1) is 12.0 Å². The summed E-state index contributed by atoms with van der Waals surface area (Å²) in [6.07, 6.45) is -5.53. The van der Waals surface area contributed by atoms with Crippen LogP contribution in [0.3, 0.4) is 0 Å². The lowest BCUT2D eigenvalue weighted by atomic mass is 10.1. The molecule has 1 unspecified atom stereocenters. The number of amides is 1. The van der Waals surface area contributed by atoms with Crippen molar-refractivity contribution in [2.24, 2.45) is 0 Å². The molecular weight excluding hydrogens is 318 g/mol. The van der Waals surface area contributed by atoms with Crippen LogP contribution in [-0.4, -0.2) is 18.1 Å². The number of carbonyl (C=O) groups excluding carboxylic acids is 1. The molecule has 0 spiro atoms. The summed E-state index contributed by atoms with van der Waals surface area (Å²) in [5.41, 5.74) is -0.293. The van der Waals surface area contributed by atoms with Crippen molar-refractivity contribution in [2.75, 3.05) is 0 Å². The average molecular weight is 328 g/mol. The lowest BCUT2D eigenvalue weighted by molar-refractivity contribution is -0.138. The second-order valence-corrected chi connectivity index (χ2v) is 4.73. The molecule has 0 aliphatic carbocycles. The minimum Gasteiger partial charge on any atom is -0.349 e. The van der Waals surface area contributed by atoms with Crippen LogP contribution < -0.4 is 5.32 Å². The van der Waals surface area contributed by atoms with Gasteiger partial charge in [0, 0.05) is 10.5 Å². The molecule has 18 heavy (non-hydrogen) atoms. The molecule has 1 aromatic rings. The number of benzene rings is 1. The van der Waals surface area contributed by atoms with E-state index in [4.69, 9.17) is 0 Å². The Kier molecular flexibility index (Phi) is 4.72. The average Bonchev–Trinajstić information content (AvgIpc) is 2.18. The number of hydrogen-bond acceptors (Lipinski definition) is 1. The Morgan fingerprint density at radius 2 is 2.06 bits per heavy atom. The highest BCUT2D eigenvalue weighted by Gasteiger charge is 2.30. The molecule has 1 aromatic carbocycles. The van der Waals surface area contributed by atoms with E-state index < -0.39 is 30.4 Å². The van der Waals surface area contributed by atoms with Gasteiger partial charge in [0.25, 0.3) is 5.91 Å². The van der Waals surface area contributed by atoms with E-state index in [1.807, 2.05) is 0 Å². The Bertz CT molecular complexity index is 447. The predicted molar refractivity (Wildman–Crippen MR) is 61.7 cm³/mol. The molecule has 1 atom stereocenters. The normalized spacial score (nSPS) is 13.2. The van der Waals surface area contributed by atoms with Crippen LogP contribution in [0.5, 0.6) is 0 Å². The molecule has 0 saturated carbocycles. The molecule has 0 radical (unpaired) electrons. The van der Waals surface area contributed by atoms with E-state index in [9.17, 15) is 22.4 Å². The zero-order valence-electron chi connectivity index (χ0n) is 9.31. The summed E-state index contributed by atoms with van der Waals surface area (Å²) < 4.78 is 50.0. The van der Waals surface area contributed by atoms with Crippen LogP contribution in [0.4, 0.5) is 17.6 Å². The lowest BCUT2D eigenvalue weighted by Gasteiger charge is -2.16. The van der Waals surface area contributed by atoms with Crippen molar-refractivity contribution in [3.05, 3.63) is 34.1 Å². The first-order chi connectivity index (χ1) is 8.19. The molecule has 1 rings (SSSR count). The van der Waals surface area contributed by atoms with Crippen molar-refractivity contribution >= 4 is 21.8 Å². The van der Waals surface area contributed by atoms with Crippen LogP contribution >= 0.6 is 15.9 Å². The predicted octanol–water partition coefficient (Wildman–Crippen LogP) is 3.66. The molecular formula is C11H10BrF4NO. The van der Waals surface area contributed by atoms with E-state index in [1.165, 1.54) is 19.1 Å². The minimum atomic E-state index is -4.37. The van der Waals surface area contributed by atoms with E-state index in [2.05, 4.69) is 21.2 Å². The Morgan fingerprint density at radius 3 is 2.61 bits per heavy atom. The third-order valence-electron chi connectivity index (χ3n) is 2.09. The number of hydrogen-bond donors (Lipinski definition) is 1. The molecule has 0 saturated heterocycles. The van der Waals surface area contributed by atoms with E-state index >= 15 is 0 Å². The van der Waals surface area contributed by atoms with Crippen LogP contribution in [0.1, 0.15) is 23.7 Å². The summed E-state index contributed by atoms with van der Waals surface area (Å²) in [4.78, 5) is 11.6. The number of carbonyl (C=O) groups is 1. The van der Waals surface area contributed by atoms with Crippen LogP contribution in [-0.2, 0) is 0 Å². The number of alkyl halides is 3. The number of rotatable bonds is 3. The van der Waals surface area contributed by atoms with Gasteiger partial charge in [-0.05, 0) is 25.1 Å². The van der Waals surface area contributed by atoms with Crippen LogP contribution in [0, 0.1) is 5.82 Å². The van der Waals surface area contributed by atoms with Gasteiger partial charge in [-0.1, -0.05) is 15.9 Å². The first-order valence-corrected chi connectivity index (χ1v) is 5.81. The van der Waals surface area contributed by atoms with Crippen molar-refractivity contribution < 1.29 is 22.4 Å². The third kappa shape index (κ3) is 4.64. The van der Waals surface area contributed by atoms with Gasteiger partial charge in [0.2, 0.25) is 0 Å². The zero-order valence-corrected chi connectivity index (χ0v) is 10.9. The zero-order chi connectivity index (χ0) is 13.9. The largest absolute Gasteiger partial charge is 0.391 e. The van der Waals surface area contributed by atoms with Gasteiger partial charge < -0.3 is 5.32 Å². The lowest BCUT2D eigenvalue weighted by Crippen LogP contribution is -2.36. The van der Waals surface area contributed by atoms with Crippen LogP contribution in [0.2, 0.25) is 0 Å². The van der Waals surface area contributed by atoms with Gasteiger partial charge in [-0.25, -0.2) is 4.39 Å². The number of nitrogens with one attached hydrogen (secondary N) is 1. The van der Waals surface area contributed by atoms with Gasteiger partial charge in [-0.3, -0.25) is 4.79 Å². The van der Waals surface area contributed by atoms with Crippen molar-refractivity contribution in [1.29, 1.82) is 0 Å². The molecule has 0 bridgehead atoms. The van der Waals surface area contributed by atoms with Gasteiger partial charge in [0.15, 0.2) is 0 Å². The monoisotopic (exact) mass is 327 g/mol. The van der Waals surface area contributed by atoms with Crippen molar-refractivity contribution in [3.63, 3.8) is 0 Å². The van der Waals surface area contributed by atoms with Gasteiger partial charge in [-0.15, -0.1) is 0 Å². The number of halogens is 5.